The lowest BCUT2D eigenvalue weighted by molar-refractivity contribution is -0.0219. The quantitative estimate of drug-likeness (QED) is 0.873. The Labute approximate surface area is 120 Å². The van der Waals surface area contributed by atoms with Crippen LogP contribution in [0.2, 0.25) is 0 Å². The molecule has 0 aliphatic carbocycles. The first-order chi connectivity index (χ1) is 10.0. The summed E-state index contributed by atoms with van der Waals surface area (Å²) < 4.78 is 19.2. The number of fused-ring (bicyclic) bond motifs is 2. The molecule has 0 spiro atoms. The lowest BCUT2D eigenvalue weighted by Gasteiger charge is -2.32. The van der Waals surface area contributed by atoms with Crippen LogP contribution >= 0.6 is 0 Å². The number of carboxylic acids is 1. The van der Waals surface area contributed by atoms with E-state index in [4.69, 9.17) is 9.84 Å². The van der Waals surface area contributed by atoms with Gasteiger partial charge in [-0.1, -0.05) is 6.07 Å². The number of amides is 2. The summed E-state index contributed by atoms with van der Waals surface area (Å²) in [4.78, 5) is 24.9. The molecule has 6 nitrogen and oxygen atoms in total. The number of nitrogens with zero attached hydrogens (tertiary/aromatic N) is 1. The second kappa shape index (κ2) is 5.33. The Balaban J connectivity index is 1.76. The summed E-state index contributed by atoms with van der Waals surface area (Å²) in [5.41, 5.74) is -0.562. The maximum absolute atomic E-state index is 13.6. The topological polar surface area (TPSA) is 78.9 Å². The van der Waals surface area contributed by atoms with Crippen molar-refractivity contribution in [1.29, 1.82) is 0 Å². The molecule has 21 heavy (non-hydrogen) atoms. The fourth-order valence-electron chi connectivity index (χ4n) is 2.82. The first-order valence-corrected chi connectivity index (χ1v) is 6.78. The van der Waals surface area contributed by atoms with E-state index in [9.17, 15) is 14.0 Å². The number of rotatable bonds is 2. The van der Waals surface area contributed by atoms with Crippen molar-refractivity contribution < 1.29 is 23.8 Å². The summed E-state index contributed by atoms with van der Waals surface area (Å²) in [6.07, 6.45) is 1.94. The molecular weight excluding hydrogens is 279 g/mol. The van der Waals surface area contributed by atoms with Crippen LogP contribution in [0.1, 0.15) is 23.2 Å². The summed E-state index contributed by atoms with van der Waals surface area (Å²) in [6.45, 7) is 0.945. The highest BCUT2D eigenvalue weighted by molar-refractivity contribution is 6.00. The summed E-state index contributed by atoms with van der Waals surface area (Å²) in [6, 6.07) is 3.36. The molecule has 112 valence electrons. The molecule has 0 radical (unpaired) electrons. The lowest BCUT2D eigenvalue weighted by Crippen LogP contribution is -2.47. The largest absolute Gasteiger partial charge is 0.478 e. The summed E-state index contributed by atoms with van der Waals surface area (Å²) in [5, 5.41) is 11.5. The minimum Gasteiger partial charge on any atom is -0.478 e. The Morgan fingerprint density at radius 3 is 2.57 bits per heavy atom. The molecule has 1 aromatic carbocycles. The van der Waals surface area contributed by atoms with E-state index < -0.39 is 23.4 Å². The van der Waals surface area contributed by atoms with Crippen LogP contribution in [-0.4, -0.2) is 47.3 Å². The van der Waals surface area contributed by atoms with Gasteiger partial charge in [0.05, 0.1) is 17.9 Å². The molecule has 0 aromatic heterocycles. The van der Waals surface area contributed by atoms with E-state index in [1.807, 2.05) is 0 Å². The van der Waals surface area contributed by atoms with Gasteiger partial charge < -0.3 is 20.1 Å². The molecule has 2 heterocycles. The first-order valence-electron chi connectivity index (χ1n) is 6.78. The van der Waals surface area contributed by atoms with Gasteiger partial charge in [-0.25, -0.2) is 14.0 Å². The van der Waals surface area contributed by atoms with Gasteiger partial charge in [-0.2, -0.15) is 0 Å². The Bertz CT molecular complexity index is 580. The SMILES string of the molecule is O=C(O)c1c(F)cccc1NC(=O)N1CC2CCC(C1)O2. The van der Waals surface area contributed by atoms with E-state index in [0.717, 1.165) is 18.9 Å². The molecule has 2 aliphatic rings. The first kappa shape index (κ1) is 13.8. The molecule has 1 aromatic rings. The number of ether oxygens (including phenoxy) is 1. The minimum absolute atomic E-state index is 0.0358. The summed E-state index contributed by atoms with van der Waals surface area (Å²) >= 11 is 0. The van der Waals surface area contributed by atoms with E-state index in [1.54, 1.807) is 4.90 Å². The fraction of sp³-hybridized carbons (Fsp3) is 0.429. The van der Waals surface area contributed by atoms with Gasteiger partial charge >= 0.3 is 12.0 Å². The van der Waals surface area contributed by atoms with Crippen LogP contribution in [0.25, 0.3) is 0 Å². The van der Waals surface area contributed by atoms with E-state index in [1.165, 1.54) is 12.1 Å². The third-order valence-corrected chi connectivity index (χ3v) is 3.80. The van der Waals surface area contributed by atoms with Gasteiger partial charge in [0.15, 0.2) is 0 Å². The zero-order valence-electron chi connectivity index (χ0n) is 11.2. The highest BCUT2D eigenvalue weighted by Gasteiger charge is 2.36. The van der Waals surface area contributed by atoms with Crippen LogP contribution in [-0.2, 0) is 4.74 Å². The van der Waals surface area contributed by atoms with Crippen LogP contribution < -0.4 is 5.32 Å². The van der Waals surface area contributed by atoms with Crippen LogP contribution in [0.3, 0.4) is 0 Å². The van der Waals surface area contributed by atoms with Crippen LogP contribution in [0.5, 0.6) is 0 Å². The Morgan fingerprint density at radius 2 is 1.95 bits per heavy atom. The maximum atomic E-state index is 13.6. The highest BCUT2D eigenvalue weighted by Crippen LogP contribution is 2.27. The second-order valence-electron chi connectivity index (χ2n) is 5.26. The predicted octanol–water partition coefficient (Wildman–Crippen LogP) is 1.92. The molecule has 2 amide bonds. The molecule has 0 saturated carbocycles. The van der Waals surface area contributed by atoms with Crippen molar-refractivity contribution in [2.75, 3.05) is 18.4 Å². The number of aromatic carboxylic acids is 1. The smallest absolute Gasteiger partial charge is 0.340 e. The van der Waals surface area contributed by atoms with Crippen LogP contribution in [0.15, 0.2) is 18.2 Å². The molecule has 2 N–H and O–H groups in total. The third-order valence-electron chi connectivity index (χ3n) is 3.80. The maximum Gasteiger partial charge on any atom is 0.340 e. The van der Waals surface area contributed by atoms with Crippen molar-refractivity contribution in [2.24, 2.45) is 0 Å². The Kier molecular flexibility index (Phi) is 3.50. The van der Waals surface area contributed by atoms with Crippen molar-refractivity contribution in [3.05, 3.63) is 29.6 Å². The number of morpholine rings is 1. The highest BCUT2D eigenvalue weighted by atomic mass is 19.1. The van der Waals surface area contributed by atoms with Crippen molar-refractivity contribution in [2.45, 2.75) is 25.0 Å². The van der Waals surface area contributed by atoms with Crippen molar-refractivity contribution >= 4 is 17.7 Å². The number of hydrogen-bond donors (Lipinski definition) is 2. The molecule has 2 fully saturated rings. The molecule has 2 unspecified atom stereocenters. The van der Waals surface area contributed by atoms with Gasteiger partial charge in [0.25, 0.3) is 0 Å². The molecule has 2 saturated heterocycles. The Hall–Kier alpha value is -2.15. The van der Waals surface area contributed by atoms with E-state index >= 15 is 0 Å². The third kappa shape index (κ3) is 2.69. The zero-order chi connectivity index (χ0) is 15.0. The number of hydrogen-bond acceptors (Lipinski definition) is 3. The number of benzene rings is 1. The molecule has 2 atom stereocenters. The number of likely N-dealkylation sites (tertiary alicyclic amines) is 1. The number of anilines is 1. The molecule has 3 rings (SSSR count). The monoisotopic (exact) mass is 294 g/mol. The molecular formula is C14H15FN2O4. The molecule has 2 bridgehead atoms. The van der Waals surface area contributed by atoms with Crippen molar-refractivity contribution in [3.63, 3.8) is 0 Å². The molecule has 7 heteroatoms. The summed E-state index contributed by atoms with van der Waals surface area (Å²) in [7, 11) is 0. The van der Waals surface area contributed by atoms with E-state index in [2.05, 4.69) is 5.32 Å². The standard InChI is InChI=1S/C14H15FN2O4/c15-10-2-1-3-11(12(10)13(18)19)16-14(20)17-6-8-4-5-9(7-17)21-8/h1-3,8-9H,4-7H2,(H,16,20)(H,18,19). The number of nitrogens with one attached hydrogen (secondary N) is 1. The normalized spacial score (nSPS) is 24.0. The fourth-order valence-corrected chi connectivity index (χ4v) is 2.82. The predicted molar refractivity (Wildman–Crippen MR) is 71.8 cm³/mol. The zero-order valence-corrected chi connectivity index (χ0v) is 11.2. The van der Waals surface area contributed by atoms with Crippen LogP contribution in [0.4, 0.5) is 14.9 Å². The van der Waals surface area contributed by atoms with Crippen molar-refractivity contribution in [3.8, 4) is 0 Å². The number of carbonyl (C=O) groups is 2. The van der Waals surface area contributed by atoms with Gasteiger partial charge in [-0.05, 0) is 25.0 Å². The average molecular weight is 294 g/mol. The number of urea groups is 1. The van der Waals surface area contributed by atoms with Crippen LogP contribution in [0, 0.1) is 5.82 Å². The van der Waals surface area contributed by atoms with Crippen molar-refractivity contribution in [1.82, 2.24) is 4.90 Å². The second-order valence-corrected chi connectivity index (χ2v) is 5.26. The van der Waals surface area contributed by atoms with Gasteiger partial charge in [-0.15, -0.1) is 0 Å². The molecule has 2 aliphatic heterocycles. The average Bonchev–Trinajstić information content (AvgIpc) is 2.77. The number of carbonyl (C=O) groups excluding carboxylic acids is 1. The van der Waals surface area contributed by atoms with E-state index in [0.29, 0.717) is 13.1 Å². The number of carboxylic acid groups (broad SMARTS) is 1. The lowest BCUT2D eigenvalue weighted by atomic mass is 10.1. The minimum atomic E-state index is -1.41. The van der Waals surface area contributed by atoms with E-state index in [-0.39, 0.29) is 17.9 Å². The van der Waals surface area contributed by atoms with Gasteiger partial charge in [-0.3, -0.25) is 0 Å². The number of halogens is 1. The van der Waals surface area contributed by atoms with Gasteiger partial charge in [0, 0.05) is 13.1 Å². The van der Waals surface area contributed by atoms with Gasteiger partial charge in [0.2, 0.25) is 0 Å². The Morgan fingerprint density at radius 1 is 1.29 bits per heavy atom. The van der Waals surface area contributed by atoms with Gasteiger partial charge in [0.1, 0.15) is 11.4 Å². The summed E-state index contributed by atoms with van der Waals surface area (Å²) in [5.74, 6) is -2.28.